The number of methoxy groups -OCH3 is 1. The fraction of sp³-hybridized carbons (Fsp3) is 0.0345. The van der Waals surface area contributed by atoms with Crippen molar-refractivity contribution < 1.29 is 9.15 Å². The minimum absolute atomic E-state index is 0.857. The summed E-state index contributed by atoms with van der Waals surface area (Å²) in [4.78, 5) is 0. The van der Waals surface area contributed by atoms with Gasteiger partial charge in [0.1, 0.15) is 17.1 Å². The van der Waals surface area contributed by atoms with Crippen molar-refractivity contribution in [3.8, 4) is 28.2 Å². The summed E-state index contributed by atoms with van der Waals surface area (Å²) < 4.78 is 11.6. The van der Waals surface area contributed by atoms with Gasteiger partial charge in [-0.1, -0.05) is 91.0 Å². The first kappa shape index (κ1) is 19.0. The molecule has 1 heterocycles. The summed E-state index contributed by atoms with van der Waals surface area (Å²) in [5.41, 5.74) is 6.46. The third-order valence-corrected chi connectivity index (χ3v) is 5.40. The van der Waals surface area contributed by atoms with Crippen LogP contribution in [-0.4, -0.2) is 7.11 Å². The number of rotatable bonds is 5. The van der Waals surface area contributed by atoms with Crippen LogP contribution in [0.5, 0.6) is 5.75 Å². The summed E-state index contributed by atoms with van der Waals surface area (Å²) in [6.07, 6.45) is 4.20. The average molecular weight is 402 g/mol. The molecule has 0 saturated carbocycles. The summed E-state index contributed by atoms with van der Waals surface area (Å²) in [6.45, 7) is 0. The van der Waals surface area contributed by atoms with Gasteiger partial charge in [-0.2, -0.15) is 0 Å². The van der Waals surface area contributed by atoms with Gasteiger partial charge in [0.25, 0.3) is 0 Å². The Labute approximate surface area is 182 Å². The van der Waals surface area contributed by atoms with E-state index < -0.39 is 0 Å². The Kier molecular flexibility index (Phi) is 5.12. The molecule has 0 saturated heterocycles. The van der Waals surface area contributed by atoms with Gasteiger partial charge in [0.2, 0.25) is 0 Å². The maximum Gasteiger partial charge on any atom is 0.143 e. The Morgan fingerprint density at radius 1 is 0.645 bits per heavy atom. The molecule has 2 heteroatoms. The fourth-order valence-electron chi connectivity index (χ4n) is 3.81. The summed E-state index contributed by atoms with van der Waals surface area (Å²) in [6, 6.07) is 35.1. The summed E-state index contributed by atoms with van der Waals surface area (Å²) in [5, 5.41) is 1.12. The Hall–Kier alpha value is -4.04. The Morgan fingerprint density at radius 2 is 1.26 bits per heavy atom. The predicted molar refractivity (Wildman–Crippen MR) is 129 cm³/mol. The molecule has 0 spiro atoms. The third-order valence-electron chi connectivity index (χ3n) is 5.40. The van der Waals surface area contributed by atoms with Crippen LogP contribution in [-0.2, 0) is 0 Å². The molecule has 0 radical (unpaired) electrons. The molecule has 0 aliphatic rings. The van der Waals surface area contributed by atoms with Gasteiger partial charge in [-0.3, -0.25) is 0 Å². The van der Waals surface area contributed by atoms with Crippen LogP contribution in [0.3, 0.4) is 0 Å². The molecule has 0 aliphatic heterocycles. The van der Waals surface area contributed by atoms with Crippen LogP contribution in [0.2, 0.25) is 0 Å². The number of fused-ring (bicyclic) bond motifs is 1. The third kappa shape index (κ3) is 3.88. The van der Waals surface area contributed by atoms with Gasteiger partial charge in [-0.15, -0.1) is 0 Å². The van der Waals surface area contributed by atoms with Crippen LogP contribution in [0.15, 0.2) is 108 Å². The first-order valence-corrected chi connectivity index (χ1v) is 10.3. The smallest absolute Gasteiger partial charge is 0.143 e. The number of hydrogen-bond acceptors (Lipinski definition) is 2. The van der Waals surface area contributed by atoms with Crippen molar-refractivity contribution in [2.24, 2.45) is 0 Å². The van der Waals surface area contributed by atoms with Crippen molar-refractivity contribution in [1.29, 1.82) is 0 Å². The van der Waals surface area contributed by atoms with Crippen LogP contribution in [0.4, 0.5) is 0 Å². The summed E-state index contributed by atoms with van der Waals surface area (Å²) >= 11 is 0. The van der Waals surface area contributed by atoms with Gasteiger partial charge in [-0.25, -0.2) is 0 Å². The van der Waals surface area contributed by atoms with Crippen LogP contribution < -0.4 is 4.74 Å². The van der Waals surface area contributed by atoms with E-state index in [0.29, 0.717) is 0 Å². The molecule has 150 valence electrons. The van der Waals surface area contributed by atoms with Crippen molar-refractivity contribution >= 4 is 23.1 Å². The highest BCUT2D eigenvalue weighted by Crippen LogP contribution is 2.41. The lowest BCUT2D eigenvalue weighted by atomic mass is 9.98. The number of furan rings is 1. The van der Waals surface area contributed by atoms with Crippen LogP contribution in [0.25, 0.3) is 45.6 Å². The maximum atomic E-state index is 6.41. The lowest BCUT2D eigenvalue weighted by Crippen LogP contribution is -1.81. The van der Waals surface area contributed by atoms with Gasteiger partial charge in [0.15, 0.2) is 0 Å². The largest absolute Gasteiger partial charge is 0.497 e. The SMILES string of the molecule is COc1ccc(/C=C/c2ccc3c(-c4ccccc4)c(-c4ccccc4)oc3c2)cc1. The molecule has 0 bridgehead atoms. The second-order valence-electron chi connectivity index (χ2n) is 7.40. The van der Waals surface area contributed by atoms with E-state index in [4.69, 9.17) is 9.15 Å². The minimum atomic E-state index is 0.857. The van der Waals surface area contributed by atoms with Crippen molar-refractivity contribution in [2.75, 3.05) is 7.11 Å². The Balaban J connectivity index is 1.58. The molecular formula is C29H22O2. The van der Waals surface area contributed by atoms with Crippen LogP contribution >= 0.6 is 0 Å². The molecule has 0 aliphatic carbocycles. The molecule has 0 unspecified atom stereocenters. The van der Waals surface area contributed by atoms with Crippen LogP contribution in [0, 0.1) is 0 Å². The molecule has 0 N–H and O–H groups in total. The van der Waals surface area contributed by atoms with E-state index in [2.05, 4.69) is 66.7 Å². The number of ether oxygens (including phenoxy) is 1. The molecule has 1 aromatic heterocycles. The maximum absolute atomic E-state index is 6.41. The van der Waals surface area contributed by atoms with Crippen LogP contribution in [0.1, 0.15) is 11.1 Å². The average Bonchev–Trinajstić information content (AvgIpc) is 3.23. The molecule has 0 fully saturated rings. The standard InChI is InChI=1S/C29H22O2/c1-30-25-17-14-21(15-18-25)12-13-22-16-19-26-27(20-22)31-29(24-10-6-3-7-11-24)28(26)23-8-4-2-5-9-23/h2-20H,1H3/b13-12+. The summed E-state index contributed by atoms with van der Waals surface area (Å²) in [7, 11) is 1.68. The number of benzene rings is 4. The first-order valence-electron chi connectivity index (χ1n) is 10.3. The predicted octanol–water partition coefficient (Wildman–Crippen LogP) is 7.95. The zero-order valence-corrected chi connectivity index (χ0v) is 17.3. The van der Waals surface area contributed by atoms with Crippen molar-refractivity contribution in [3.63, 3.8) is 0 Å². The van der Waals surface area contributed by atoms with Gasteiger partial charge in [-0.05, 0) is 41.0 Å². The van der Waals surface area contributed by atoms with E-state index in [9.17, 15) is 0 Å². The van der Waals surface area contributed by atoms with Gasteiger partial charge in [0, 0.05) is 16.5 Å². The quantitative estimate of drug-likeness (QED) is 0.278. The lowest BCUT2D eigenvalue weighted by Gasteiger charge is -2.03. The van der Waals surface area contributed by atoms with E-state index in [0.717, 1.165) is 50.3 Å². The normalized spacial score (nSPS) is 11.3. The molecule has 5 aromatic rings. The lowest BCUT2D eigenvalue weighted by molar-refractivity contribution is 0.415. The molecule has 5 rings (SSSR count). The van der Waals surface area contributed by atoms with E-state index in [1.165, 1.54) is 0 Å². The molecule has 0 amide bonds. The van der Waals surface area contributed by atoms with E-state index >= 15 is 0 Å². The highest BCUT2D eigenvalue weighted by molar-refractivity contribution is 6.02. The van der Waals surface area contributed by atoms with Gasteiger partial charge >= 0.3 is 0 Å². The highest BCUT2D eigenvalue weighted by Gasteiger charge is 2.17. The minimum Gasteiger partial charge on any atom is -0.497 e. The van der Waals surface area contributed by atoms with E-state index in [1.54, 1.807) is 7.11 Å². The monoisotopic (exact) mass is 402 g/mol. The van der Waals surface area contributed by atoms with E-state index in [-0.39, 0.29) is 0 Å². The van der Waals surface area contributed by atoms with Crippen molar-refractivity contribution in [3.05, 3.63) is 114 Å². The zero-order valence-electron chi connectivity index (χ0n) is 17.3. The zero-order chi connectivity index (χ0) is 21.0. The van der Waals surface area contributed by atoms with E-state index in [1.807, 2.05) is 48.5 Å². The molecule has 4 aromatic carbocycles. The molecule has 31 heavy (non-hydrogen) atoms. The number of hydrogen-bond donors (Lipinski definition) is 0. The summed E-state index contributed by atoms with van der Waals surface area (Å²) in [5.74, 6) is 1.76. The van der Waals surface area contributed by atoms with Crippen molar-refractivity contribution in [2.45, 2.75) is 0 Å². The Morgan fingerprint density at radius 3 is 1.94 bits per heavy atom. The second kappa shape index (κ2) is 8.37. The Bertz CT molecular complexity index is 1330. The molecule has 0 atom stereocenters. The highest BCUT2D eigenvalue weighted by atomic mass is 16.5. The topological polar surface area (TPSA) is 22.4 Å². The van der Waals surface area contributed by atoms with Gasteiger partial charge in [0.05, 0.1) is 7.11 Å². The van der Waals surface area contributed by atoms with Gasteiger partial charge < -0.3 is 9.15 Å². The fourth-order valence-corrected chi connectivity index (χ4v) is 3.81. The first-order chi connectivity index (χ1) is 15.3. The molecule has 2 nitrogen and oxygen atoms in total. The second-order valence-corrected chi connectivity index (χ2v) is 7.40. The molecular weight excluding hydrogens is 380 g/mol. The van der Waals surface area contributed by atoms with Crippen molar-refractivity contribution in [1.82, 2.24) is 0 Å².